The predicted molar refractivity (Wildman–Crippen MR) is 68.6 cm³/mol. The lowest BCUT2D eigenvalue weighted by Gasteiger charge is -2.37. The van der Waals surface area contributed by atoms with Crippen molar-refractivity contribution in [3.05, 3.63) is 0 Å². The summed E-state index contributed by atoms with van der Waals surface area (Å²) in [4.78, 5) is 0. The summed E-state index contributed by atoms with van der Waals surface area (Å²) in [6.07, 6.45) is 0.971. The monoisotopic (exact) mass is 231 g/mol. The molecule has 0 aliphatic carbocycles. The molecule has 0 amide bonds. The SMILES string of the molecule is CCCNC(C(OCC)OCC)C(C)(C)C. The molecule has 0 fully saturated rings. The van der Waals surface area contributed by atoms with Crippen molar-refractivity contribution in [2.24, 2.45) is 5.41 Å². The van der Waals surface area contributed by atoms with Gasteiger partial charge in [-0.1, -0.05) is 27.7 Å². The molecule has 0 aliphatic heterocycles. The Morgan fingerprint density at radius 2 is 1.50 bits per heavy atom. The topological polar surface area (TPSA) is 30.5 Å². The normalized spacial score (nSPS) is 14.4. The molecule has 0 rings (SSSR count). The summed E-state index contributed by atoms with van der Waals surface area (Å²) in [5.74, 6) is 0. The summed E-state index contributed by atoms with van der Waals surface area (Å²) in [7, 11) is 0. The van der Waals surface area contributed by atoms with Gasteiger partial charge in [0.15, 0.2) is 6.29 Å². The molecule has 0 radical (unpaired) electrons. The number of hydrogen-bond donors (Lipinski definition) is 1. The van der Waals surface area contributed by atoms with Crippen LogP contribution in [0.2, 0.25) is 0 Å². The fraction of sp³-hybridized carbons (Fsp3) is 1.00. The van der Waals surface area contributed by atoms with Gasteiger partial charge in [-0.15, -0.1) is 0 Å². The first-order valence-corrected chi connectivity index (χ1v) is 6.43. The molecule has 1 unspecified atom stereocenters. The molecule has 0 aromatic rings. The molecular formula is C13H29NO2. The van der Waals surface area contributed by atoms with E-state index >= 15 is 0 Å². The molecule has 16 heavy (non-hydrogen) atoms. The third-order valence-electron chi connectivity index (χ3n) is 2.48. The smallest absolute Gasteiger partial charge is 0.173 e. The van der Waals surface area contributed by atoms with Gasteiger partial charge >= 0.3 is 0 Å². The number of hydrogen-bond acceptors (Lipinski definition) is 3. The highest BCUT2D eigenvalue weighted by Crippen LogP contribution is 2.24. The maximum Gasteiger partial charge on any atom is 0.173 e. The molecular weight excluding hydrogens is 202 g/mol. The maximum absolute atomic E-state index is 5.68. The molecule has 1 N–H and O–H groups in total. The van der Waals surface area contributed by atoms with E-state index in [0.717, 1.165) is 13.0 Å². The number of nitrogens with one attached hydrogen (secondary N) is 1. The van der Waals surface area contributed by atoms with Gasteiger partial charge < -0.3 is 14.8 Å². The average molecular weight is 231 g/mol. The summed E-state index contributed by atoms with van der Waals surface area (Å²) < 4.78 is 11.4. The van der Waals surface area contributed by atoms with Crippen LogP contribution < -0.4 is 5.32 Å². The van der Waals surface area contributed by atoms with Crippen molar-refractivity contribution >= 4 is 0 Å². The highest BCUT2D eigenvalue weighted by molar-refractivity contribution is 4.83. The van der Waals surface area contributed by atoms with Gasteiger partial charge in [0.2, 0.25) is 0 Å². The molecule has 0 spiro atoms. The highest BCUT2D eigenvalue weighted by Gasteiger charge is 2.32. The molecule has 98 valence electrons. The van der Waals surface area contributed by atoms with Crippen LogP contribution >= 0.6 is 0 Å². The fourth-order valence-electron chi connectivity index (χ4n) is 1.68. The minimum absolute atomic E-state index is 0.129. The second kappa shape index (κ2) is 8.04. The summed E-state index contributed by atoms with van der Waals surface area (Å²) in [5, 5.41) is 3.53. The standard InChI is InChI=1S/C13H29NO2/c1-7-10-14-11(13(4,5)6)12(15-8-2)16-9-3/h11-12,14H,7-10H2,1-6H3. The lowest BCUT2D eigenvalue weighted by atomic mass is 9.86. The zero-order chi connectivity index (χ0) is 12.6. The van der Waals surface area contributed by atoms with Crippen LogP contribution in [0.5, 0.6) is 0 Å². The second-order valence-corrected chi connectivity index (χ2v) is 5.08. The van der Waals surface area contributed by atoms with Crippen molar-refractivity contribution in [2.45, 2.75) is 60.3 Å². The van der Waals surface area contributed by atoms with Gasteiger partial charge in [0.25, 0.3) is 0 Å². The maximum atomic E-state index is 5.68. The Hall–Kier alpha value is -0.120. The van der Waals surface area contributed by atoms with E-state index in [1.807, 2.05) is 13.8 Å². The molecule has 3 nitrogen and oxygen atoms in total. The van der Waals surface area contributed by atoms with Crippen molar-refractivity contribution in [3.63, 3.8) is 0 Å². The summed E-state index contributed by atoms with van der Waals surface area (Å²) >= 11 is 0. The van der Waals surface area contributed by atoms with Gasteiger partial charge in [-0.05, 0) is 32.2 Å². The number of rotatable bonds is 8. The molecule has 0 saturated heterocycles. The highest BCUT2D eigenvalue weighted by atomic mass is 16.7. The van der Waals surface area contributed by atoms with E-state index < -0.39 is 0 Å². The first-order chi connectivity index (χ1) is 7.47. The molecule has 1 atom stereocenters. The van der Waals surface area contributed by atoms with E-state index in [-0.39, 0.29) is 17.7 Å². The van der Waals surface area contributed by atoms with Gasteiger partial charge in [0.05, 0.1) is 6.04 Å². The van der Waals surface area contributed by atoms with Crippen molar-refractivity contribution in [1.82, 2.24) is 5.32 Å². The minimum atomic E-state index is -0.151. The molecule has 0 saturated carbocycles. The van der Waals surface area contributed by atoms with E-state index in [4.69, 9.17) is 9.47 Å². The molecule has 0 aliphatic rings. The van der Waals surface area contributed by atoms with Crippen LogP contribution in [0.25, 0.3) is 0 Å². The predicted octanol–water partition coefficient (Wildman–Crippen LogP) is 2.80. The van der Waals surface area contributed by atoms with Gasteiger partial charge in [0, 0.05) is 13.2 Å². The van der Waals surface area contributed by atoms with Crippen LogP contribution in [0.1, 0.15) is 48.0 Å². The zero-order valence-corrected chi connectivity index (χ0v) is 11.8. The minimum Gasteiger partial charge on any atom is -0.351 e. The van der Waals surface area contributed by atoms with Crippen LogP contribution in [-0.4, -0.2) is 32.1 Å². The Morgan fingerprint density at radius 3 is 1.81 bits per heavy atom. The summed E-state index contributed by atoms with van der Waals surface area (Å²) in [6.45, 7) is 15.2. The van der Waals surface area contributed by atoms with Crippen molar-refractivity contribution < 1.29 is 9.47 Å². The van der Waals surface area contributed by atoms with Crippen LogP contribution in [0, 0.1) is 5.41 Å². The first kappa shape index (κ1) is 15.9. The van der Waals surface area contributed by atoms with Gasteiger partial charge in [-0.2, -0.15) is 0 Å². The molecule has 0 aromatic carbocycles. The second-order valence-electron chi connectivity index (χ2n) is 5.08. The van der Waals surface area contributed by atoms with E-state index in [0.29, 0.717) is 13.2 Å². The molecule has 0 aromatic heterocycles. The van der Waals surface area contributed by atoms with E-state index in [9.17, 15) is 0 Å². The quantitative estimate of drug-likeness (QED) is 0.652. The average Bonchev–Trinajstić information content (AvgIpc) is 2.17. The number of ether oxygens (including phenoxy) is 2. The zero-order valence-electron chi connectivity index (χ0n) is 11.8. The Morgan fingerprint density at radius 1 is 1.00 bits per heavy atom. The fourth-order valence-corrected chi connectivity index (χ4v) is 1.68. The molecule has 0 heterocycles. The molecule has 0 bridgehead atoms. The lowest BCUT2D eigenvalue weighted by molar-refractivity contribution is -0.169. The van der Waals surface area contributed by atoms with Crippen LogP contribution in [0.4, 0.5) is 0 Å². The van der Waals surface area contributed by atoms with Gasteiger partial charge in [-0.25, -0.2) is 0 Å². The van der Waals surface area contributed by atoms with Crippen molar-refractivity contribution in [2.75, 3.05) is 19.8 Å². The van der Waals surface area contributed by atoms with Crippen molar-refractivity contribution in [1.29, 1.82) is 0 Å². The Balaban J connectivity index is 4.53. The first-order valence-electron chi connectivity index (χ1n) is 6.43. The van der Waals surface area contributed by atoms with Crippen LogP contribution in [0.3, 0.4) is 0 Å². The van der Waals surface area contributed by atoms with Gasteiger partial charge in [-0.3, -0.25) is 0 Å². The van der Waals surface area contributed by atoms with Crippen molar-refractivity contribution in [3.8, 4) is 0 Å². The van der Waals surface area contributed by atoms with Crippen LogP contribution in [0.15, 0.2) is 0 Å². The van der Waals surface area contributed by atoms with E-state index in [2.05, 4.69) is 33.0 Å². The largest absolute Gasteiger partial charge is 0.351 e. The summed E-state index contributed by atoms with van der Waals surface area (Å²) in [6, 6.07) is 0.229. The Kier molecular flexibility index (Phi) is 7.98. The summed E-state index contributed by atoms with van der Waals surface area (Å²) in [5.41, 5.74) is 0.129. The Bertz CT molecular complexity index is 160. The Labute approximate surface area is 101 Å². The third-order valence-corrected chi connectivity index (χ3v) is 2.48. The van der Waals surface area contributed by atoms with E-state index in [1.54, 1.807) is 0 Å². The third kappa shape index (κ3) is 5.83. The molecule has 3 heteroatoms. The van der Waals surface area contributed by atoms with E-state index in [1.165, 1.54) is 0 Å². The lowest BCUT2D eigenvalue weighted by Crippen LogP contribution is -2.51. The van der Waals surface area contributed by atoms with Crippen LogP contribution in [-0.2, 0) is 9.47 Å². The van der Waals surface area contributed by atoms with Gasteiger partial charge in [0.1, 0.15) is 0 Å².